The first kappa shape index (κ1) is 15.4. The highest BCUT2D eigenvalue weighted by molar-refractivity contribution is 5.78. The van der Waals surface area contributed by atoms with Crippen molar-refractivity contribution in [1.82, 2.24) is 4.90 Å². The third-order valence-electron chi connectivity index (χ3n) is 3.68. The van der Waals surface area contributed by atoms with Gasteiger partial charge in [-0.3, -0.25) is 9.59 Å². The lowest BCUT2D eigenvalue weighted by atomic mass is 10.0. The van der Waals surface area contributed by atoms with Gasteiger partial charge in [-0.1, -0.05) is 25.1 Å². The first-order chi connectivity index (χ1) is 10.1. The Hall–Kier alpha value is -2.04. The van der Waals surface area contributed by atoms with E-state index < -0.39 is 5.97 Å². The number of carboxylic acids is 1. The van der Waals surface area contributed by atoms with Crippen molar-refractivity contribution in [2.24, 2.45) is 5.92 Å². The van der Waals surface area contributed by atoms with E-state index in [1.807, 2.05) is 4.90 Å². The number of rotatable bonds is 5. The van der Waals surface area contributed by atoms with Crippen LogP contribution in [0.4, 0.5) is 0 Å². The Morgan fingerprint density at radius 3 is 2.86 bits per heavy atom. The molecule has 1 amide bonds. The second-order valence-electron chi connectivity index (χ2n) is 5.55. The van der Waals surface area contributed by atoms with Crippen molar-refractivity contribution in [3.05, 3.63) is 29.8 Å². The third kappa shape index (κ3) is 4.48. The molecule has 1 aromatic rings. The zero-order valence-electron chi connectivity index (χ0n) is 12.2. The van der Waals surface area contributed by atoms with Gasteiger partial charge in [-0.15, -0.1) is 0 Å². The molecule has 1 aliphatic heterocycles. The topological polar surface area (TPSA) is 66.8 Å². The van der Waals surface area contributed by atoms with Crippen molar-refractivity contribution < 1.29 is 19.4 Å². The SMILES string of the molecule is CC1CCCN(C(=O)COc2ccccc2CC(=O)O)C1. The number of likely N-dealkylation sites (tertiary alicyclic amines) is 1. The van der Waals surface area contributed by atoms with Crippen molar-refractivity contribution in [2.75, 3.05) is 19.7 Å². The molecule has 1 unspecified atom stereocenters. The van der Waals surface area contributed by atoms with Gasteiger partial charge in [-0.25, -0.2) is 0 Å². The minimum Gasteiger partial charge on any atom is -0.483 e. The number of amides is 1. The van der Waals surface area contributed by atoms with Crippen LogP contribution in [-0.2, 0) is 16.0 Å². The largest absolute Gasteiger partial charge is 0.483 e. The third-order valence-corrected chi connectivity index (χ3v) is 3.68. The van der Waals surface area contributed by atoms with Gasteiger partial charge in [0.1, 0.15) is 5.75 Å². The predicted molar refractivity (Wildman–Crippen MR) is 78.3 cm³/mol. The summed E-state index contributed by atoms with van der Waals surface area (Å²) in [6.07, 6.45) is 2.08. The number of hydrogen-bond donors (Lipinski definition) is 1. The molecule has 0 saturated carbocycles. The number of aliphatic carboxylic acids is 1. The molecule has 5 heteroatoms. The maximum atomic E-state index is 12.1. The fraction of sp³-hybridized carbons (Fsp3) is 0.500. The van der Waals surface area contributed by atoms with Crippen LogP contribution in [0, 0.1) is 5.92 Å². The van der Waals surface area contributed by atoms with Crippen LogP contribution in [0.25, 0.3) is 0 Å². The van der Waals surface area contributed by atoms with E-state index in [4.69, 9.17) is 9.84 Å². The van der Waals surface area contributed by atoms with E-state index in [0.717, 1.165) is 25.9 Å². The number of carbonyl (C=O) groups excluding carboxylic acids is 1. The maximum absolute atomic E-state index is 12.1. The monoisotopic (exact) mass is 291 g/mol. The molecule has 1 saturated heterocycles. The van der Waals surface area contributed by atoms with Gasteiger partial charge in [0.2, 0.25) is 0 Å². The minimum absolute atomic E-state index is 0.0355. The molecule has 1 heterocycles. The van der Waals surface area contributed by atoms with Crippen molar-refractivity contribution in [2.45, 2.75) is 26.2 Å². The van der Waals surface area contributed by atoms with Gasteiger partial charge in [0.15, 0.2) is 6.61 Å². The molecular weight excluding hydrogens is 270 g/mol. The standard InChI is InChI=1S/C16H21NO4/c1-12-5-4-8-17(10-12)15(18)11-21-14-7-3-2-6-13(14)9-16(19)20/h2-3,6-7,12H,4-5,8-11H2,1H3,(H,19,20). The molecule has 21 heavy (non-hydrogen) atoms. The quantitative estimate of drug-likeness (QED) is 0.900. The van der Waals surface area contributed by atoms with Crippen molar-refractivity contribution in [1.29, 1.82) is 0 Å². The van der Waals surface area contributed by atoms with Gasteiger partial charge < -0.3 is 14.7 Å². The van der Waals surface area contributed by atoms with Crippen LogP contribution in [0.1, 0.15) is 25.3 Å². The molecule has 0 spiro atoms. The Labute approximate surface area is 124 Å². The Morgan fingerprint density at radius 2 is 2.14 bits per heavy atom. The van der Waals surface area contributed by atoms with E-state index in [1.165, 1.54) is 0 Å². The van der Waals surface area contributed by atoms with Crippen molar-refractivity contribution in [3.63, 3.8) is 0 Å². The summed E-state index contributed by atoms with van der Waals surface area (Å²) < 4.78 is 5.53. The lowest BCUT2D eigenvalue weighted by Crippen LogP contribution is -2.41. The average Bonchev–Trinajstić information content (AvgIpc) is 2.45. The molecule has 1 aliphatic rings. The summed E-state index contributed by atoms with van der Waals surface area (Å²) in [5, 5.41) is 8.87. The zero-order chi connectivity index (χ0) is 15.2. The second-order valence-corrected chi connectivity index (χ2v) is 5.55. The fourth-order valence-corrected chi connectivity index (χ4v) is 2.60. The predicted octanol–water partition coefficient (Wildman–Crippen LogP) is 1.95. The summed E-state index contributed by atoms with van der Waals surface area (Å²) >= 11 is 0. The van der Waals surface area contributed by atoms with Crippen LogP contribution in [0.15, 0.2) is 24.3 Å². The number of carboxylic acid groups (broad SMARTS) is 1. The highest BCUT2D eigenvalue weighted by Crippen LogP contribution is 2.19. The van der Waals surface area contributed by atoms with Crippen LogP contribution >= 0.6 is 0 Å². The molecule has 114 valence electrons. The highest BCUT2D eigenvalue weighted by Gasteiger charge is 2.21. The van der Waals surface area contributed by atoms with E-state index in [1.54, 1.807) is 24.3 Å². The number of para-hydroxylation sites is 1. The van der Waals surface area contributed by atoms with Crippen LogP contribution in [0.3, 0.4) is 0 Å². The molecule has 0 bridgehead atoms. The van der Waals surface area contributed by atoms with Crippen LogP contribution in [-0.4, -0.2) is 41.6 Å². The Morgan fingerprint density at radius 1 is 1.38 bits per heavy atom. The van der Waals surface area contributed by atoms with Crippen LogP contribution in [0.2, 0.25) is 0 Å². The number of carbonyl (C=O) groups is 2. The first-order valence-corrected chi connectivity index (χ1v) is 7.26. The molecule has 0 aliphatic carbocycles. The van der Waals surface area contributed by atoms with Gasteiger partial charge >= 0.3 is 5.97 Å². The lowest BCUT2D eigenvalue weighted by molar-refractivity contribution is -0.136. The number of piperidine rings is 1. The smallest absolute Gasteiger partial charge is 0.307 e. The molecule has 1 atom stereocenters. The maximum Gasteiger partial charge on any atom is 0.307 e. The number of benzene rings is 1. The minimum atomic E-state index is -0.915. The molecule has 1 aromatic carbocycles. The van der Waals surface area contributed by atoms with Gasteiger partial charge in [-0.05, 0) is 24.8 Å². The molecular formula is C16H21NO4. The zero-order valence-corrected chi connectivity index (χ0v) is 12.2. The first-order valence-electron chi connectivity index (χ1n) is 7.26. The number of nitrogens with zero attached hydrogens (tertiary/aromatic N) is 1. The van der Waals surface area contributed by atoms with Gasteiger partial charge in [0.05, 0.1) is 6.42 Å². The van der Waals surface area contributed by atoms with Crippen molar-refractivity contribution >= 4 is 11.9 Å². The highest BCUT2D eigenvalue weighted by atomic mass is 16.5. The lowest BCUT2D eigenvalue weighted by Gasteiger charge is -2.30. The summed E-state index contributed by atoms with van der Waals surface area (Å²) in [6, 6.07) is 6.94. The Kier molecular flexibility index (Phi) is 5.20. The Bertz CT molecular complexity index is 515. The summed E-state index contributed by atoms with van der Waals surface area (Å²) in [5.74, 6) is 0.0502. The fourth-order valence-electron chi connectivity index (χ4n) is 2.60. The van der Waals surface area contributed by atoms with E-state index in [-0.39, 0.29) is 18.9 Å². The summed E-state index contributed by atoms with van der Waals surface area (Å²) in [5.41, 5.74) is 0.588. The summed E-state index contributed by atoms with van der Waals surface area (Å²) in [6.45, 7) is 3.66. The van der Waals surface area contributed by atoms with Crippen LogP contribution < -0.4 is 4.74 Å². The van der Waals surface area contributed by atoms with Gasteiger partial charge in [0.25, 0.3) is 5.91 Å². The number of ether oxygens (including phenoxy) is 1. The Balaban J connectivity index is 1.93. The van der Waals surface area contributed by atoms with Gasteiger partial charge in [0, 0.05) is 18.7 Å². The molecule has 1 fully saturated rings. The van der Waals surface area contributed by atoms with E-state index in [9.17, 15) is 9.59 Å². The van der Waals surface area contributed by atoms with E-state index >= 15 is 0 Å². The van der Waals surface area contributed by atoms with E-state index in [0.29, 0.717) is 17.2 Å². The molecule has 0 aromatic heterocycles. The second kappa shape index (κ2) is 7.11. The van der Waals surface area contributed by atoms with Crippen molar-refractivity contribution in [3.8, 4) is 5.75 Å². The van der Waals surface area contributed by atoms with E-state index in [2.05, 4.69) is 6.92 Å². The normalized spacial score (nSPS) is 18.3. The number of hydrogen-bond acceptors (Lipinski definition) is 3. The van der Waals surface area contributed by atoms with Gasteiger partial charge in [-0.2, -0.15) is 0 Å². The van der Waals surface area contributed by atoms with Crippen LogP contribution in [0.5, 0.6) is 5.75 Å². The molecule has 2 rings (SSSR count). The molecule has 1 N–H and O–H groups in total. The molecule has 5 nitrogen and oxygen atoms in total. The summed E-state index contributed by atoms with van der Waals surface area (Å²) in [4.78, 5) is 24.8. The molecule has 0 radical (unpaired) electrons. The average molecular weight is 291 g/mol. The summed E-state index contributed by atoms with van der Waals surface area (Å²) in [7, 11) is 0.